The number of rotatable bonds is 4. The zero-order valence-corrected chi connectivity index (χ0v) is 15.1. The molecule has 6 heteroatoms. The number of amides is 1. The van der Waals surface area contributed by atoms with Gasteiger partial charge in [0.2, 0.25) is 0 Å². The van der Waals surface area contributed by atoms with Gasteiger partial charge in [-0.15, -0.1) is 0 Å². The monoisotopic (exact) mass is 376 g/mol. The van der Waals surface area contributed by atoms with E-state index in [4.69, 9.17) is 0 Å². The van der Waals surface area contributed by atoms with E-state index in [1.165, 1.54) is 12.1 Å². The zero-order chi connectivity index (χ0) is 18.9. The van der Waals surface area contributed by atoms with Gasteiger partial charge in [0, 0.05) is 11.1 Å². The fraction of sp³-hybridized carbons (Fsp3) is 0. The molecule has 0 radical (unpaired) electrons. The Bertz CT molecular complexity index is 1210. The van der Waals surface area contributed by atoms with Gasteiger partial charge in [-0.25, -0.2) is 12.4 Å². The summed E-state index contributed by atoms with van der Waals surface area (Å²) < 4.78 is 27.6. The van der Waals surface area contributed by atoms with Gasteiger partial charge in [0.15, 0.2) is 0 Å². The van der Waals surface area contributed by atoms with Gasteiger partial charge in [-0.1, -0.05) is 54.6 Å². The fourth-order valence-corrected chi connectivity index (χ4v) is 4.49. The standard InChI is InChI=1S/C21H16N2O3S/c24-21(22-17-10-3-1-4-11-17)20-15-16-9-7-8-14-19(16)23(20)27(25,26)18-12-5-2-6-13-18/h1-15H,(H,22,24). The number of nitrogens with one attached hydrogen (secondary N) is 1. The van der Waals surface area contributed by atoms with E-state index in [1.54, 1.807) is 72.8 Å². The van der Waals surface area contributed by atoms with Crippen LogP contribution in [0.4, 0.5) is 5.69 Å². The molecule has 0 bridgehead atoms. The first-order valence-corrected chi connectivity index (χ1v) is 9.79. The maximum atomic E-state index is 13.3. The Morgan fingerprint density at radius 3 is 2.07 bits per heavy atom. The summed E-state index contributed by atoms with van der Waals surface area (Å²) in [4.78, 5) is 13.0. The van der Waals surface area contributed by atoms with E-state index in [2.05, 4.69) is 5.32 Å². The maximum absolute atomic E-state index is 13.3. The number of para-hydroxylation sites is 2. The van der Waals surface area contributed by atoms with Gasteiger partial charge in [0.1, 0.15) is 5.69 Å². The molecule has 1 heterocycles. The van der Waals surface area contributed by atoms with E-state index in [1.807, 2.05) is 6.07 Å². The topological polar surface area (TPSA) is 68.2 Å². The first-order chi connectivity index (χ1) is 13.1. The average Bonchev–Trinajstić information content (AvgIpc) is 3.10. The SMILES string of the molecule is O=C(Nc1ccccc1)c1cc2ccccc2n1S(=O)(=O)c1ccccc1. The van der Waals surface area contributed by atoms with Gasteiger partial charge in [0.05, 0.1) is 10.4 Å². The van der Waals surface area contributed by atoms with Crippen molar-refractivity contribution in [2.45, 2.75) is 4.90 Å². The summed E-state index contributed by atoms with van der Waals surface area (Å²) in [6, 6.07) is 25.6. The predicted molar refractivity (Wildman–Crippen MR) is 105 cm³/mol. The second kappa shape index (κ2) is 6.74. The first-order valence-electron chi connectivity index (χ1n) is 8.35. The molecule has 0 aliphatic carbocycles. The van der Waals surface area contributed by atoms with Crippen LogP contribution in [-0.4, -0.2) is 18.3 Å². The minimum Gasteiger partial charge on any atom is -0.321 e. The molecule has 1 amide bonds. The van der Waals surface area contributed by atoms with Crippen LogP contribution in [-0.2, 0) is 10.0 Å². The lowest BCUT2D eigenvalue weighted by Gasteiger charge is -2.12. The Labute approximate surface area is 156 Å². The minimum atomic E-state index is -3.93. The van der Waals surface area contributed by atoms with Crippen LogP contribution in [0.2, 0.25) is 0 Å². The van der Waals surface area contributed by atoms with Crippen LogP contribution in [0.25, 0.3) is 10.9 Å². The summed E-state index contributed by atoms with van der Waals surface area (Å²) in [7, 11) is -3.93. The molecule has 0 saturated carbocycles. The molecular weight excluding hydrogens is 360 g/mol. The van der Waals surface area contributed by atoms with E-state index < -0.39 is 15.9 Å². The zero-order valence-electron chi connectivity index (χ0n) is 14.2. The third-order valence-corrected chi connectivity index (χ3v) is 5.95. The lowest BCUT2D eigenvalue weighted by molar-refractivity contribution is 0.102. The molecular formula is C21H16N2O3S. The Balaban J connectivity index is 1.89. The summed E-state index contributed by atoms with van der Waals surface area (Å²) in [6.45, 7) is 0. The molecule has 1 N–H and O–H groups in total. The molecule has 5 nitrogen and oxygen atoms in total. The van der Waals surface area contributed by atoms with Crippen molar-refractivity contribution in [3.63, 3.8) is 0 Å². The molecule has 4 aromatic rings. The van der Waals surface area contributed by atoms with Gasteiger partial charge in [-0.05, 0) is 36.4 Å². The summed E-state index contributed by atoms with van der Waals surface area (Å²) >= 11 is 0. The van der Waals surface area contributed by atoms with Crippen LogP contribution in [0, 0.1) is 0 Å². The highest BCUT2D eigenvalue weighted by Gasteiger charge is 2.26. The van der Waals surface area contributed by atoms with Gasteiger partial charge >= 0.3 is 0 Å². The quantitative estimate of drug-likeness (QED) is 0.582. The van der Waals surface area contributed by atoms with E-state index in [0.717, 1.165) is 3.97 Å². The van der Waals surface area contributed by atoms with Crippen LogP contribution in [0.5, 0.6) is 0 Å². The van der Waals surface area contributed by atoms with Crippen LogP contribution < -0.4 is 5.32 Å². The number of aromatic nitrogens is 1. The molecule has 134 valence electrons. The van der Waals surface area contributed by atoms with Gasteiger partial charge < -0.3 is 5.32 Å². The van der Waals surface area contributed by atoms with Crippen LogP contribution in [0.15, 0.2) is 95.9 Å². The van der Waals surface area contributed by atoms with E-state index in [0.29, 0.717) is 16.6 Å². The molecule has 27 heavy (non-hydrogen) atoms. The van der Waals surface area contributed by atoms with Crippen molar-refractivity contribution in [3.05, 3.63) is 96.7 Å². The lowest BCUT2D eigenvalue weighted by atomic mass is 10.2. The molecule has 0 spiro atoms. The highest BCUT2D eigenvalue weighted by molar-refractivity contribution is 7.90. The second-order valence-corrected chi connectivity index (χ2v) is 7.78. The van der Waals surface area contributed by atoms with E-state index in [-0.39, 0.29) is 10.6 Å². The normalized spacial score (nSPS) is 11.4. The largest absolute Gasteiger partial charge is 0.321 e. The van der Waals surface area contributed by atoms with Crippen molar-refractivity contribution >= 4 is 32.5 Å². The average molecular weight is 376 g/mol. The van der Waals surface area contributed by atoms with Crippen LogP contribution in [0.3, 0.4) is 0 Å². The van der Waals surface area contributed by atoms with E-state index >= 15 is 0 Å². The van der Waals surface area contributed by atoms with Crippen molar-refractivity contribution in [3.8, 4) is 0 Å². The van der Waals surface area contributed by atoms with E-state index in [9.17, 15) is 13.2 Å². The number of hydrogen-bond acceptors (Lipinski definition) is 3. The number of benzene rings is 3. The Morgan fingerprint density at radius 2 is 1.37 bits per heavy atom. The Kier molecular flexibility index (Phi) is 4.25. The third kappa shape index (κ3) is 3.11. The molecule has 0 fully saturated rings. The third-order valence-electron chi connectivity index (χ3n) is 4.21. The maximum Gasteiger partial charge on any atom is 0.273 e. The fourth-order valence-electron chi connectivity index (χ4n) is 2.96. The number of nitrogens with zero attached hydrogens (tertiary/aromatic N) is 1. The highest BCUT2D eigenvalue weighted by atomic mass is 32.2. The molecule has 0 saturated heterocycles. The van der Waals surface area contributed by atoms with Crippen LogP contribution in [0.1, 0.15) is 10.5 Å². The molecule has 0 atom stereocenters. The Hall–Kier alpha value is -3.38. The smallest absolute Gasteiger partial charge is 0.273 e. The van der Waals surface area contributed by atoms with Gasteiger partial charge in [-0.2, -0.15) is 0 Å². The number of anilines is 1. The van der Waals surface area contributed by atoms with Crippen LogP contribution >= 0.6 is 0 Å². The molecule has 0 unspecified atom stereocenters. The number of carbonyl (C=O) groups excluding carboxylic acids is 1. The van der Waals surface area contributed by atoms with Crippen molar-refractivity contribution in [1.29, 1.82) is 0 Å². The highest BCUT2D eigenvalue weighted by Crippen LogP contribution is 2.26. The Morgan fingerprint density at radius 1 is 0.778 bits per heavy atom. The van der Waals surface area contributed by atoms with Crippen molar-refractivity contribution in [2.75, 3.05) is 5.32 Å². The number of fused-ring (bicyclic) bond motifs is 1. The van der Waals surface area contributed by atoms with Crippen molar-refractivity contribution in [2.24, 2.45) is 0 Å². The lowest BCUT2D eigenvalue weighted by Crippen LogP contribution is -2.22. The molecule has 0 aliphatic rings. The van der Waals surface area contributed by atoms with Gasteiger partial charge in [-0.3, -0.25) is 4.79 Å². The van der Waals surface area contributed by atoms with Crippen molar-refractivity contribution < 1.29 is 13.2 Å². The summed E-state index contributed by atoms with van der Waals surface area (Å²) in [5, 5.41) is 3.44. The number of hydrogen-bond donors (Lipinski definition) is 1. The summed E-state index contributed by atoms with van der Waals surface area (Å²) in [5.41, 5.74) is 1.11. The van der Waals surface area contributed by atoms with Crippen molar-refractivity contribution in [1.82, 2.24) is 3.97 Å². The minimum absolute atomic E-state index is 0.0592. The molecule has 4 rings (SSSR count). The predicted octanol–water partition coefficient (Wildman–Crippen LogP) is 4.13. The molecule has 1 aromatic heterocycles. The first kappa shape index (κ1) is 17.1. The molecule has 0 aliphatic heterocycles. The summed E-state index contributed by atoms with van der Waals surface area (Å²) in [5.74, 6) is -0.489. The molecule has 3 aromatic carbocycles. The number of carbonyl (C=O) groups is 1. The van der Waals surface area contributed by atoms with Gasteiger partial charge in [0.25, 0.3) is 15.9 Å². The second-order valence-electron chi connectivity index (χ2n) is 5.99. The summed E-state index contributed by atoms with van der Waals surface area (Å²) in [6.07, 6.45) is 0.